The van der Waals surface area contributed by atoms with Crippen molar-refractivity contribution in [1.82, 2.24) is 29.8 Å². The largest absolute Gasteiger partial charge is 0.339 e. The molecule has 0 saturated carbocycles. The standard InChI is InChI=1S/C16H16N6O2/c1-21-8-6-13(19-21)16(23)22-9-5-11(10-22)15-18-14(20-24-15)12-4-2-3-7-17-12/h2-4,6-8,11H,5,9-10H2,1H3/t11-/m0/s1. The van der Waals surface area contributed by atoms with Crippen LogP contribution in [0.4, 0.5) is 0 Å². The summed E-state index contributed by atoms with van der Waals surface area (Å²) in [6, 6.07) is 7.27. The van der Waals surface area contributed by atoms with E-state index in [0.717, 1.165) is 6.42 Å². The first-order valence-electron chi connectivity index (χ1n) is 7.74. The zero-order chi connectivity index (χ0) is 16.5. The summed E-state index contributed by atoms with van der Waals surface area (Å²) >= 11 is 0. The fraction of sp³-hybridized carbons (Fsp3) is 0.312. The Labute approximate surface area is 138 Å². The van der Waals surface area contributed by atoms with Crippen LogP contribution in [0.3, 0.4) is 0 Å². The SMILES string of the molecule is Cn1ccc(C(=O)N2CC[C@H](c3nc(-c4ccccn4)no3)C2)n1. The van der Waals surface area contributed by atoms with Gasteiger partial charge < -0.3 is 9.42 Å². The van der Waals surface area contributed by atoms with E-state index in [2.05, 4.69) is 20.2 Å². The molecular formula is C16H16N6O2. The molecule has 0 spiro atoms. The number of aryl methyl sites for hydroxylation is 1. The van der Waals surface area contributed by atoms with Gasteiger partial charge in [-0.1, -0.05) is 11.2 Å². The van der Waals surface area contributed by atoms with Gasteiger partial charge in [0, 0.05) is 32.5 Å². The second kappa shape index (κ2) is 5.88. The lowest BCUT2D eigenvalue weighted by Crippen LogP contribution is -2.29. The minimum absolute atomic E-state index is 0.0441. The molecule has 1 amide bonds. The van der Waals surface area contributed by atoms with Crippen LogP contribution in [-0.4, -0.2) is 48.8 Å². The van der Waals surface area contributed by atoms with Crippen molar-refractivity contribution in [2.24, 2.45) is 7.05 Å². The van der Waals surface area contributed by atoms with Crippen molar-refractivity contribution in [1.29, 1.82) is 0 Å². The van der Waals surface area contributed by atoms with Crippen LogP contribution in [-0.2, 0) is 7.05 Å². The lowest BCUT2D eigenvalue weighted by molar-refractivity contribution is 0.0783. The van der Waals surface area contributed by atoms with Crippen LogP contribution in [0, 0.1) is 0 Å². The Morgan fingerprint density at radius 2 is 2.25 bits per heavy atom. The Kier molecular flexibility index (Phi) is 3.56. The molecule has 1 aliphatic rings. The molecule has 0 radical (unpaired) electrons. The van der Waals surface area contributed by atoms with Gasteiger partial charge in [0.2, 0.25) is 11.7 Å². The first kappa shape index (κ1) is 14.6. The van der Waals surface area contributed by atoms with Crippen molar-refractivity contribution < 1.29 is 9.32 Å². The number of likely N-dealkylation sites (tertiary alicyclic amines) is 1. The number of hydrogen-bond donors (Lipinski definition) is 0. The molecule has 0 unspecified atom stereocenters. The fourth-order valence-corrected chi connectivity index (χ4v) is 2.84. The van der Waals surface area contributed by atoms with Crippen molar-refractivity contribution in [3.8, 4) is 11.5 Å². The van der Waals surface area contributed by atoms with E-state index in [9.17, 15) is 4.79 Å². The molecular weight excluding hydrogens is 308 g/mol. The number of carbonyl (C=O) groups is 1. The van der Waals surface area contributed by atoms with Crippen molar-refractivity contribution in [3.63, 3.8) is 0 Å². The monoisotopic (exact) mass is 324 g/mol. The molecule has 1 fully saturated rings. The summed E-state index contributed by atoms with van der Waals surface area (Å²) in [4.78, 5) is 22.9. The summed E-state index contributed by atoms with van der Waals surface area (Å²) in [5, 5.41) is 8.16. The summed E-state index contributed by atoms with van der Waals surface area (Å²) in [6.45, 7) is 1.21. The average molecular weight is 324 g/mol. The summed E-state index contributed by atoms with van der Waals surface area (Å²) in [5.74, 6) is 0.997. The van der Waals surface area contributed by atoms with Gasteiger partial charge in [-0.05, 0) is 24.6 Å². The fourth-order valence-electron chi connectivity index (χ4n) is 2.84. The van der Waals surface area contributed by atoms with Crippen molar-refractivity contribution >= 4 is 5.91 Å². The van der Waals surface area contributed by atoms with Crippen LogP contribution in [0.15, 0.2) is 41.2 Å². The van der Waals surface area contributed by atoms with E-state index >= 15 is 0 Å². The Bertz CT molecular complexity index is 856. The van der Waals surface area contributed by atoms with Gasteiger partial charge in [0.05, 0.1) is 5.92 Å². The minimum Gasteiger partial charge on any atom is -0.339 e. The van der Waals surface area contributed by atoms with Gasteiger partial charge in [0.1, 0.15) is 11.4 Å². The number of carbonyl (C=O) groups excluding carboxylic acids is 1. The number of nitrogens with zero attached hydrogens (tertiary/aromatic N) is 6. The van der Waals surface area contributed by atoms with Gasteiger partial charge in [-0.3, -0.25) is 14.5 Å². The maximum Gasteiger partial charge on any atom is 0.274 e. The molecule has 0 bridgehead atoms. The van der Waals surface area contributed by atoms with Gasteiger partial charge in [-0.15, -0.1) is 0 Å². The summed E-state index contributed by atoms with van der Waals surface area (Å²) in [5.41, 5.74) is 1.13. The maximum atomic E-state index is 12.4. The van der Waals surface area contributed by atoms with E-state index in [-0.39, 0.29) is 11.8 Å². The molecule has 122 valence electrons. The van der Waals surface area contributed by atoms with E-state index in [1.54, 1.807) is 35.1 Å². The van der Waals surface area contributed by atoms with E-state index in [4.69, 9.17) is 4.52 Å². The van der Waals surface area contributed by atoms with Gasteiger partial charge in [0.15, 0.2) is 0 Å². The predicted octanol–water partition coefficient (Wildman–Crippen LogP) is 1.49. The maximum absolute atomic E-state index is 12.4. The van der Waals surface area contributed by atoms with Gasteiger partial charge >= 0.3 is 0 Å². The normalized spacial score (nSPS) is 17.4. The topological polar surface area (TPSA) is 89.9 Å². The van der Waals surface area contributed by atoms with Crippen LogP contribution in [0.25, 0.3) is 11.5 Å². The second-order valence-corrected chi connectivity index (χ2v) is 5.78. The van der Waals surface area contributed by atoms with Gasteiger partial charge in [-0.2, -0.15) is 10.1 Å². The highest BCUT2D eigenvalue weighted by atomic mass is 16.5. The number of rotatable bonds is 3. The lowest BCUT2D eigenvalue weighted by atomic mass is 10.1. The molecule has 1 saturated heterocycles. The molecule has 0 N–H and O–H groups in total. The van der Waals surface area contributed by atoms with Crippen LogP contribution >= 0.6 is 0 Å². The highest BCUT2D eigenvalue weighted by Gasteiger charge is 2.32. The number of amides is 1. The van der Waals surface area contributed by atoms with Crippen LogP contribution < -0.4 is 0 Å². The zero-order valence-corrected chi connectivity index (χ0v) is 13.2. The molecule has 4 rings (SSSR count). The highest BCUT2D eigenvalue weighted by molar-refractivity contribution is 5.92. The highest BCUT2D eigenvalue weighted by Crippen LogP contribution is 2.28. The van der Waals surface area contributed by atoms with E-state index in [0.29, 0.717) is 36.2 Å². The third-order valence-electron chi connectivity index (χ3n) is 4.09. The van der Waals surface area contributed by atoms with E-state index < -0.39 is 0 Å². The number of aromatic nitrogens is 5. The third kappa shape index (κ3) is 2.66. The average Bonchev–Trinajstić information content (AvgIpc) is 3.35. The zero-order valence-electron chi connectivity index (χ0n) is 13.2. The third-order valence-corrected chi connectivity index (χ3v) is 4.09. The molecule has 0 aromatic carbocycles. The van der Waals surface area contributed by atoms with E-state index in [1.165, 1.54) is 0 Å². The second-order valence-electron chi connectivity index (χ2n) is 5.78. The summed E-state index contributed by atoms with van der Waals surface area (Å²) in [7, 11) is 1.79. The predicted molar refractivity (Wildman–Crippen MR) is 84.0 cm³/mol. The van der Waals surface area contributed by atoms with Crippen molar-refractivity contribution in [3.05, 3.63) is 48.2 Å². The van der Waals surface area contributed by atoms with Crippen LogP contribution in [0.1, 0.15) is 28.7 Å². The first-order valence-corrected chi connectivity index (χ1v) is 7.74. The smallest absolute Gasteiger partial charge is 0.274 e. The van der Waals surface area contributed by atoms with Crippen LogP contribution in [0.5, 0.6) is 0 Å². The van der Waals surface area contributed by atoms with Crippen LogP contribution in [0.2, 0.25) is 0 Å². The van der Waals surface area contributed by atoms with Crippen molar-refractivity contribution in [2.45, 2.75) is 12.3 Å². The molecule has 24 heavy (non-hydrogen) atoms. The summed E-state index contributed by atoms with van der Waals surface area (Å²) < 4.78 is 7.01. The Balaban J connectivity index is 1.47. The molecule has 1 aliphatic heterocycles. The Morgan fingerprint density at radius 1 is 1.33 bits per heavy atom. The molecule has 8 nitrogen and oxygen atoms in total. The molecule has 1 atom stereocenters. The summed E-state index contributed by atoms with van der Waals surface area (Å²) in [6.07, 6.45) is 4.24. The molecule has 4 heterocycles. The number of pyridine rings is 1. The Hall–Kier alpha value is -3.03. The van der Waals surface area contributed by atoms with Gasteiger partial charge in [0.25, 0.3) is 5.91 Å². The number of hydrogen-bond acceptors (Lipinski definition) is 6. The van der Waals surface area contributed by atoms with E-state index in [1.807, 2.05) is 18.2 Å². The van der Waals surface area contributed by atoms with Crippen molar-refractivity contribution in [2.75, 3.05) is 13.1 Å². The quantitative estimate of drug-likeness (QED) is 0.725. The minimum atomic E-state index is -0.0671. The first-order chi connectivity index (χ1) is 11.7. The molecule has 0 aliphatic carbocycles. The Morgan fingerprint density at radius 3 is 3.00 bits per heavy atom. The lowest BCUT2D eigenvalue weighted by Gasteiger charge is -2.13. The molecule has 8 heteroatoms. The van der Waals surface area contributed by atoms with Gasteiger partial charge in [-0.25, -0.2) is 0 Å². The molecule has 3 aromatic heterocycles. The molecule has 3 aromatic rings.